The fourth-order valence-corrected chi connectivity index (χ4v) is 2.14. The predicted molar refractivity (Wildman–Crippen MR) is 77.0 cm³/mol. The van der Waals surface area contributed by atoms with Crippen LogP contribution in [0, 0.1) is 5.82 Å². The van der Waals surface area contributed by atoms with Gasteiger partial charge in [0.2, 0.25) is 0 Å². The average molecular weight is 258 g/mol. The molecule has 0 atom stereocenters. The monoisotopic (exact) mass is 258 g/mol. The Morgan fingerprint density at radius 3 is 2.42 bits per heavy atom. The maximum Gasteiger partial charge on any atom is 0.128 e. The smallest absolute Gasteiger partial charge is 0.128 e. The van der Waals surface area contributed by atoms with Crippen molar-refractivity contribution in [1.82, 2.24) is 4.98 Å². The van der Waals surface area contributed by atoms with Gasteiger partial charge in [0.05, 0.1) is 0 Å². The number of anilines is 1. The van der Waals surface area contributed by atoms with Crippen LogP contribution in [0.1, 0.15) is 25.0 Å². The first-order valence-corrected chi connectivity index (χ1v) is 6.67. The third kappa shape index (κ3) is 3.53. The highest BCUT2D eigenvalue weighted by molar-refractivity contribution is 5.39. The van der Waals surface area contributed by atoms with Crippen molar-refractivity contribution in [2.75, 3.05) is 18.0 Å². The number of pyridine rings is 1. The van der Waals surface area contributed by atoms with Crippen LogP contribution in [0.4, 0.5) is 10.2 Å². The summed E-state index contributed by atoms with van der Waals surface area (Å²) in [6.45, 7) is 6.14. The minimum absolute atomic E-state index is 0.190. The Morgan fingerprint density at radius 1 is 1.05 bits per heavy atom. The lowest BCUT2D eigenvalue weighted by molar-refractivity contribution is 0.626. The van der Waals surface area contributed by atoms with Crippen LogP contribution in [0.5, 0.6) is 0 Å². The van der Waals surface area contributed by atoms with Gasteiger partial charge in [0, 0.05) is 19.3 Å². The zero-order valence-corrected chi connectivity index (χ0v) is 11.4. The van der Waals surface area contributed by atoms with Gasteiger partial charge in [0.1, 0.15) is 11.6 Å². The summed E-state index contributed by atoms with van der Waals surface area (Å²) in [5.41, 5.74) is 2.07. The Bertz CT molecular complexity index is 519. The molecule has 0 N–H and O–H groups in total. The Balaban J connectivity index is 2.10. The van der Waals surface area contributed by atoms with Gasteiger partial charge in [-0.15, -0.1) is 0 Å². The first-order chi connectivity index (χ1) is 9.22. The molecule has 0 radical (unpaired) electrons. The molecule has 2 rings (SSSR count). The summed E-state index contributed by atoms with van der Waals surface area (Å²) >= 11 is 0. The highest BCUT2D eigenvalue weighted by Gasteiger charge is 2.03. The fourth-order valence-electron chi connectivity index (χ4n) is 2.14. The van der Waals surface area contributed by atoms with Gasteiger partial charge in [0.25, 0.3) is 0 Å². The number of aromatic nitrogens is 1. The van der Waals surface area contributed by atoms with E-state index in [0.29, 0.717) is 6.42 Å². The number of hydrogen-bond acceptors (Lipinski definition) is 2. The van der Waals surface area contributed by atoms with E-state index in [1.807, 2.05) is 18.3 Å². The molecule has 0 unspecified atom stereocenters. The molecule has 0 aliphatic rings. The largest absolute Gasteiger partial charge is 0.357 e. The fraction of sp³-hybridized carbons (Fsp3) is 0.312. The van der Waals surface area contributed by atoms with E-state index in [1.165, 1.54) is 6.07 Å². The molecule has 1 aromatic heterocycles. The summed E-state index contributed by atoms with van der Waals surface area (Å²) in [5, 5.41) is 0. The molecule has 100 valence electrons. The molecule has 0 aliphatic carbocycles. The second-order valence-electron chi connectivity index (χ2n) is 4.50. The van der Waals surface area contributed by atoms with E-state index in [4.69, 9.17) is 0 Å². The molecule has 3 heteroatoms. The second-order valence-corrected chi connectivity index (χ2v) is 4.50. The van der Waals surface area contributed by atoms with E-state index in [-0.39, 0.29) is 5.82 Å². The van der Waals surface area contributed by atoms with Gasteiger partial charge < -0.3 is 4.90 Å². The standard InChI is InChI=1S/C16H19FN2/c1-3-19(4-2)16-9-8-14(12-18-16)10-13-6-5-7-15(17)11-13/h5-9,11-12H,3-4,10H2,1-2H3. The predicted octanol–water partition coefficient (Wildman–Crippen LogP) is 3.66. The summed E-state index contributed by atoms with van der Waals surface area (Å²) in [6.07, 6.45) is 2.59. The summed E-state index contributed by atoms with van der Waals surface area (Å²) in [7, 11) is 0. The van der Waals surface area contributed by atoms with Crippen molar-refractivity contribution < 1.29 is 4.39 Å². The van der Waals surface area contributed by atoms with Crippen LogP contribution in [-0.2, 0) is 6.42 Å². The summed E-state index contributed by atoms with van der Waals surface area (Å²) in [6, 6.07) is 10.8. The minimum Gasteiger partial charge on any atom is -0.357 e. The van der Waals surface area contributed by atoms with Crippen LogP contribution in [0.15, 0.2) is 42.6 Å². The molecule has 1 aromatic carbocycles. The lowest BCUT2D eigenvalue weighted by Crippen LogP contribution is -2.22. The molecule has 19 heavy (non-hydrogen) atoms. The molecule has 0 fully saturated rings. The topological polar surface area (TPSA) is 16.1 Å². The number of nitrogens with zero attached hydrogens (tertiary/aromatic N) is 2. The van der Waals surface area contributed by atoms with Gasteiger partial charge in [-0.1, -0.05) is 18.2 Å². The summed E-state index contributed by atoms with van der Waals surface area (Å²) in [5.74, 6) is 0.804. The van der Waals surface area contributed by atoms with Crippen molar-refractivity contribution in [2.45, 2.75) is 20.3 Å². The molecule has 0 spiro atoms. The Hall–Kier alpha value is -1.90. The molecule has 0 saturated heterocycles. The highest BCUT2D eigenvalue weighted by Crippen LogP contribution is 2.14. The normalized spacial score (nSPS) is 10.5. The second kappa shape index (κ2) is 6.32. The summed E-state index contributed by atoms with van der Waals surface area (Å²) < 4.78 is 13.1. The van der Waals surface area contributed by atoms with Crippen LogP contribution in [0.3, 0.4) is 0 Å². The zero-order valence-electron chi connectivity index (χ0n) is 11.4. The van der Waals surface area contributed by atoms with Crippen molar-refractivity contribution in [3.8, 4) is 0 Å². The SMILES string of the molecule is CCN(CC)c1ccc(Cc2cccc(F)c2)cn1. The van der Waals surface area contributed by atoms with Gasteiger partial charge in [-0.2, -0.15) is 0 Å². The molecular formula is C16H19FN2. The first-order valence-electron chi connectivity index (χ1n) is 6.67. The average Bonchev–Trinajstić information content (AvgIpc) is 2.42. The number of benzene rings is 1. The van der Waals surface area contributed by atoms with E-state index < -0.39 is 0 Å². The lowest BCUT2D eigenvalue weighted by Gasteiger charge is -2.19. The van der Waals surface area contributed by atoms with Crippen molar-refractivity contribution in [3.63, 3.8) is 0 Å². The maximum atomic E-state index is 13.1. The first kappa shape index (κ1) is 13.5. The van der Waals surface area contributed by atoms with Crippen molar-refractivity contribution in [2.24, 2.45) is 0 Å². The number of rotatable bonds is 5. The van der Waals surface area contributed by atoms with E-state index >= 15 is 0 Å². The van der Waals surface area contributed by atoms with Gasteiger partial charge in [-0.05, 0) is 49.6 Å². The number of halogens is 1. The van der Waals surface area contributed by atoms with E-state index in [2.05, 4.69) is 29.8 Å². The molecule has 0 bridgehead atoms. The quantitative estimate of drug-likeness (QED) is 0.813. The summed E-state index contributed by atoms with van der Waals surface area (Å²) in [4.78, 5) is 6.67. The lowest BCUT2D eigenvalue weighted by atomic mass is 10.1. The third-order valence-electron chi connectivity index (χ3n) is 3.19. The van der Waals surface area contributed by atoms with Gasteiger partial charge >= 0.3 is 0 Å². The third-order valence-corrected chi connectivity index (χ3v) is 3.19. The minimum atomic E-state index is -0.190. The molecule has 0 amide bonds. The Morgan fingerprint density at radius 2 is 1.84 bits per heavy atom. The molecule has 2 aromatic rings. The van der Waals surface area contributed by atoms with Gasteiger partial charge in [-0.25, -0.2) is 9.37 Å². The van der Waals surface area contributed by atoms with Crippen molar-refractivity contribution >= 4 is 5.82 Å². The van der Waals surface area contributed by atoms with Crippen LogP contribution in [-0.4, -0.2) is 18.1 Å². The van der Waals surface area contributed by atoms with Crippen molar-refractivity contribution in [1.29, 1.82) is 0 Å². The van der Waals surface area contributed by atoms with Gasteiger partial charge in [0.15, 0.2) is 0 Å². The van der Waals surface area contributed by atoms with Crippen LogP contribution >= 0.6 is 0 Å². The number of hydrogen-bond donors (Lipinski definition) is 0. The van der Waals surface area contributed by atoms with E-state index in [0.717, 1.165) is 30.0 Å². The molecular weight excluding hydrogens is 239 g/mol. The van der Waals surface area contributed by atoms with E-state index in [9.17, 15) is 4.39 Å². The Labute approximate surface area is 113 Å². The highest BCUT2D eigenvalue weighted by atomic mass is 19.1. The van der Waals surface area contributed by atoms with Crippen molar-refractivity contribution in [3.05, 3.63) is 59.5 Å². The molecule has 0 saturated carbocycles. The van der Waals surface area contributed by atoms with E-state index in [1.54, 1.807) is 12.1 Å². The maximum absolute atomic E-state index is 13.1. The zero-order chi connectivity index (χ0) is 13.7. The molecule has 0 aliphatic heterocycles. The van der Waals surface area contributed by atoms with Crippen LogP contribution < -0.4 is 4.90 Å². The van der Waals surface area contributed by atoms with Gasteiger partial charge in [-0.3, -0.25) is 0 Å². The molecule has 2 nitrogen and oxygen atoms in total. The Kier molecular flexibility index (Phi) is 4.50. The van der Waals surface area contributed by atoms with Crippen LogP contribution in [0.25, 0.3) is 0 Å². The molecule has 1 heterocycles. The van der Waals surface area contributed by atoms with Crippen LogP contribution in [0.2, 0.25) is 0 Å².